The van der Waals surface area contributed by atoms with Crippen LogP contribution in [0.3, 0.4) is 0 Å². The third kappa shape index (κ3) is 3.01. The van der Waals surface area contributed by atoms with Gasteiger partial charge in [0.1, 0.15) is 11.4 Å². The lowest BCUT2D eigenvalue weighted by Gasteiger charge is -2.04. The van der Waals surface area contributed by atoms with Crippen LogP contribution < -0.4 is 27.7 Å². The molecule has 92 valence electrons. The fourth-order valence-electron chi connectivity index (χ4n) is 1.47. The lowest BCUT2D eigenvalue weighted by Crippen LogP contribution is -3.00. The van der Waals surface area contributed by atoms with Gasteiger partial charge in [0.15, 0.2) is 0 Å². The summed E-state index contributed by atoms with van der Waals surface area (Å²) in [5, 5.41) is 10.6. The molecular weight excluding hydrogens is 436 g/mol. The molecule has 0 aliphatic rings. The number of nitrogen functional groups attached to an aromatic ring is 1. The fraction of sp³-hybridized carbons (Fsp3) is 0.100. The van der Waals surface area contributed by atoms with E-state index in [9.17, 15) is 5.11 Å². The maximum atomic E-state index is 9.99. The standard InChI is InChI=1S/C10H8Br2N2OS.BrH/c1-4-8(14-10(13)16-4)6-2-5(11)3-7(12)9(6)15;/h2-3,15H,1H3,(H2,13,14);1H. The number of phenolic OH excluding ortho intramolecular Hbond substituents is 1. The zero-order chi connectivity index (χ0) is 11.9. The number of phenols is 1. The minimum absolute atomic E-state index is 0. The smallest absolute Gasteiger partial charge is 0.330 e. The Balaban J connectivity index is 0.00000144. The van der Waals surface area contributed by atoms with Crippen LogP contribution in [0.1, 0.15) is 4.88 Å². The predicted molar refractivity (Wildman–Crippen MR) is 72.5 cm³/mol. The van der Waals surface area contributed by atoms with Crippen molar-refractivity contribution in [2.24, 2.45) is 0 Å². The quantitative estimate of drug-likeness (QED) is 0.667. The van der Waals surface area contributed by atoms with Gasteiger partial charge in [-0.15, -0.1) is 0 Å². The molecule has 1 aromatic heterocycles. The van der Waals surface area contributed by atoms with Crippen LogP contribution in [-0.2, 0) is 0 Å². The van der Waals surface area contributed by atoms with E-state index >= 15 is 0 Å². The minimum Gasteiger partial charge on any atom is -1.00 e. The summed E-state index contributed by atoms with van der Waals surface area (Å²) < 4.78 is 1.54. The lowest BCUT2D eigenvalue weighted by atomic mass is 10.1. The number of aryl methyl sites for hydroxylation is 1. The highest BCUT2D eigenvalue weighted by atomic mass is 79.9. The van der Waals surface area contributed by atoms with Crippen molar-refractivity contribution < 1.29 is 27.1 Å². The van der Waals surface area contributed by atoms with E-state index < -0.39 is 0 Å². The van der Waals surface area contributed by atoms with Crippen molar-refractivity contribution in [3.05, 3.63) is 26.0 Å². The highest BCUT2D eigenvalue weighted by Gasteiger charge is 2.17. The first-order valence-corrected chi connectivity index (χ1v) is 6.86. The topological polar surface area (TPSA) is 60.4 Å². The molecule has 0 fully saturated rings. The van der Waals surface area contributed by atoms with E-state index in [1.165, 1.54) is 11.3 Å². The second-order valence-corrected chi connectivity index (χ2v) is 6.33. The van der Waals surface area contributed by atoms with Crippen LogP contribution in [0.4, 0.5) is 5.13 Å². The van der Waals surface area contributed by atoms with Crippen molar-refractivity contribution in [2.45, 2.75) is 6.92 Å². The second-order valence-electron chi connectivity index (χ2n) is 3.31. The van der Waals surface area contributed by atoms with Gasteiger partial charge < -0.3 is 22.1 Å². The van der Waals surface area contributed by atoms with E-state index in [2.05, 4.69) is 36.8 Å². The first kappa shape index (κ1) is 14.9. The second kappa shape index (κ2) is 5.69. The molecule has 0 aliphatic heterocycles. The molecule has 3 nitrogen and oxygen atoms in total. The molecule has 2 rings (SSSR count). The van der Waals surface area contributed by atoms with E-state index in [1.807, 2.05) is 13.0 Å². The highest BCUT2D eigenvalue weighted by molar-refractivity contribution is 9.11. The monoisotopic (exact) mass is 442 g/mol. The number of benzene rings is 1. The minimum atomic E-state index is 0. The molecule has 17 heavy (non-hydrogen) atoms. The third-order valence-electron chi connectivity index (χ3n) is 2.16. The number of anilines is 1. The molecule has 2 aromatic rings. The largest absolute Gasteiger partial charge is 1.00 e. The molecule has 0 atom stereocenters. The molecule has 0 unspecified atom stereocenters. The van der Waals surface area contributed by atoms with E-state index in [1.54, 1.807) is 6.07 Å². The number of hydrogen-bond donors (Lipinski definition) is 2. The van der Waals surface area contributed by atoms with Gasteiger partial charge in [-0.3, -0.25) is 5.73 Å². The van der Waals surface area contributed by atoms with Crippen molar-refractivity contribution in [2.75, 3.05) is 5.73 Å². The average molecular weight is 445 g/mol. The SMILES string of the molecule is Cc1sc(N)[nH+]c1-c1cc(Br)cc(Br)c1O.[Br-]. The summed E-state index contributed by atoms with van der Waals surface area (Å²) in [4.78, 5) is 4.09. The number of nitrogens with one attached hydrogen (secondary N) is 1. The van der Waals surface area contributed by atoms with Gasteiger partial charge in [-0.1, -0.05) is 27.3 Å². The predicted octanol–water partition coefficient (Wildman–Crippen LogP) is 0.354. The van der Waals surface area contributed by atoms with E-state index in [0.29, 0.717) is 9.60 Å². The maximum Gasteiger partial charge on any atom is 0.330 e. The van der Waals surface area contributed by atoms with Crippen LogP contribution >= 0.6 is 43.2 Å². The zero-order valence-corrected chi connectivity index (χ0v) is 14.3. The molecule has 0 bridgehead atoms. The van der Waals surface area contributed by atoms with Crippen molar-refractivity contribution in [3.63, 3.8) is 0 Å². The summed E-state index contributed by atoms with van der Waals surface area (Å²) in [6.07, 6.45) is 0. The maximum absolute atomic E-state index is 9.99. The molecule has 1 heterocycles. The molecule has 0 aliphatic carbocycles. The summed E-state index contributed by atoms with van der Waals surface area (Å²) in [6, 6.07) is 3.65. The van der Waals surface area contributed by atoms with E-state index in [4.69, 9.17) is 5.73 Å². The Morgan fingerprint density at radius 2 is 2.00 bits per heavy atom. The van der Waals surface area contributed by atoms with Crippen molar-refractivity contribution in [1.82, 2.24) is 0 Å². The molecule has 0 radical (unpaired) electrons. The molecule has 0 spiro atoms. The molecule has 0 amide bonds. The van der Waals surface area contributed by atoms with Gasteiger partial charge in [-0.25, -0.2) is 4.98 Å². The summed E-state index contributed by atoms with van der Waals surface area (Å²) in [5.41, 5.74) is 7.28. The Kier molecular flexibility index (Phi) is 5.00. The fourth-order valence-corrected chi connectivity index (χ4v) is 3.44. The van der Waals surface area contributed by atoms with Crippen molar-refractivity contribution >= 4 is 48.3 Å². The Bertz CT molecular complexity index is 557. The average Bonchev–Trinajstić information content (AvgIpc) is 2.51. The number of rotatable bonds is 1. The normalized spacial score (nSPS) is 10.1. The van der Waals surface area contributed by atoms with Crippen LogP contribution in [0, 0.1) is 6.92 Å². The number of thiazole rings is 1. The highest BCUT2D eigenvalue weighted by Crippen LogP contribution is 2.39. The number of aromatic amines is 1. The molecule has 7 heteroatoms. The Labute approximate surface area is 130 Å². The van der Waals surface area contributed by atoms with Gasteiger partial charge in [0.05, 0.1) is 14.9 Å². The van der Waals surface area contributed by atoms with Crippen LogP contribution in [0.2, 0.25) is 0 Å². The van der Waals surface area contributed by atoms with Crippen LogP contribution in [0.5, 0.6) is 5.75 Å². The van der Waals surface area contributed by atoms with Crippen molar-refractivity contribution in [3.8, 4) is 17.0 Å². The van der Waals surface area contributed by atoms with Gasteiger partial charge in [-0.05, 0) is 35.0 Å². The summed E-state index contributed by atoms with van der Waals surface area (Å²) in [6.45, 7) is 1.96. The Morgan fingerprint density at radius 3 is 2.53 bits per heavy atom. The number of nitrogens with two attached hydrogens (primary N) is 1. The number of halogens is 3. The molecule has 0 saturated heterocycles. The first-order chi connectivity index (χ1) is 7.49. The number of H-pyrrole nitrogens is 1. The molecule has 4 N–H and O–H groups in total. The molecular formula is C10H9Br3N2OS. The van der Waals surface area contributed by atoms with Crippen LogP contribution in [0.15, 0.2) is 21.1 Å². The van der Waals surface area contributed by atoms with Crippen molar-refractivity contribution in [1.29, 1.82) is 0 Å². The number of aromatic hydroxyl groups is 1. The summed E-state index contributed by atoms with van der Waals surface area (Å²) >= 11 is 8.16. The lowest BCUT2D eigenvalue weighted by molar-refractivity contribution is -0.341. The summed E-state index contributed by atoms with van der Waals surface area (Å²) in [7, 11) is 0. The van der Waals surface area contributed by atoms with Gasteiger partial charge in [0.2, 0.25) is 0 Å². The van der Waals surface area contributed by atoms with Crippen LogP contribution in [-0.4, -0.2) is 5.11 Å². The van der Waals surface area contributed by atoms with Crippen LogP contribution in [0.25, 0.3) is 11.3 Å². The van der Waals surface area contributed by atoms with Gasteiger partial charge in [0.25, 0.3) is 0 Å². The van der Waals surface area contributed by atoms with Gasteiger partial charge >= 0.3 is 5.13 Å². The first-order valence-electron chi connectivity index (χ1n) is 4.45. The number of aromatic nitrogens is 1. The molecule has 0 saturated carbocycles. The number of hydrogen-bond acceptors (Lipinski definition) is 3. The van der Waals surface area contributed by atoms with E-state index in [0.717, 1.165) is 20.6 Å². The molecule has 1 aromatic carbocycles. The van der Waals surface area contributed by atoms with E-state index in [-0.39, 0.29) is 22.7 Å². The third-order valence-corrected chi connectivity index (χ3v) is 4.06. The zero-order valence-electron chi connectivity index (χ0n) is 8.72. The Morgan fingerprint density at radius 1 is 1.35 bits per heavy atom. The van der Waals surface area contributed by atoms with Gasteiger partial charge in [0, 0.05) is 4.47 Å². The Hall–Kier alpha value is -0.110. The summed E-state index contributed by atoms with van der Waals surface area (Å²) in [5.74, 6) is 0.209. The van der Waals surface area contributed by atoms with Gasteiger partial charge in [-0.2, -0.15) is 0 Å².